The maximum absolute atomic E-state index is 13.9. The number of H-pyrrole nitrogens is 1. The zero-order valence-electron chi connectivity index (χ0n) is 15.4. The van der Waals surface area contributed by atoms with Gasteiger partial charge in [-0.1, -0.05) is 0 Å². The highest BCUT2D eigenvalue weighted by atomic mass is 19.2. The highest BCUT2D eigenvalue weighted by Gasteiger charge is 2.32. The van der Waals surface area contributed by atoms with Crippen molar-refractivity contribution in [3.05, 3.63) is 80.5 Å². The molecule has 0 radical (unpaired) electrons. The van der Waals surface area contributed by atoms with E-state index >= 15 is 0 Å². The van der Waals surface area contributed by atoms with Crippen LogP contribution >= 0.6 is 0 Å². The summed E-state index contributed by atoms with van der Waals surface area (Å²) in [5, 5.41) is -0.0451. The van der Waals surface area contributed by atoms with Crippen molar-refractivity contribution in [3.63, 3.8) is 0 Å². The van der Waals surface area contributed by atoms with Gasteiger partial charge >= 0.3 is 0 Å². The number of benzene rings is 2. The molecule has 0 aliphatic carbocycles. The van der Waals surface area contributed by atoms with Crippen molar-refractivity contribution in [1.82, 2.24) is 9.88 Å². The quantitative estimate of drug-likeness (QED) is 0.506. The number of likely N-dealkylation sites (N-methyl/N-ethyl adjacent to an activating group) is 1. The minimum atomic E-state index is -1.71. The SMILES string of the molecule is CN(C(=O)c1cc(F)c(F)c(F)c1)[C@H]1COCc2[nH]c(=O)c3cc(F)c(F)cc3c21. The van der Waals surface area contributed by atoms with E-state index in [2.05, 4.69) is 4.98 Å². The highest BCUT2D eigenvalue weighted by Crippen LogP contribution is 2.34. The predicted octanol–water partition coefficient (Wildman–Crippen LogP) is 3.57. The molecule has 0 saturated carbocycles. The second-order valence-corrected chi connectivity index (χ2v) is 6.86. The largest absolute Gasteiger partial charge is 0.373 e. The lowest BCUT2D eigenvalue weighted by atomic mass is 9.95. The van der Waals surface area contributed by atoms with Crippen molar-refractivity contribution in [3.8, 4) is 0 Å². The third kappa shape index (κ3) is 3.13. The van der Waals surface area contributed by atoms with Gasteiger partial charge in [-0.2, -0.15) is 0 Å². The molecule has 0 saturated heterocycles. The van der Waals surface area contributed by atoms with Crippen LogP contribution in [0, 0.1) is 29.1 Å². The molecule has 156 valence electrons. The second-order valence-electron chi connectivity index (χ2n) is 6.86. The second kappa shape index (κ2) is 7.21. The fraction of sp³-hybridized carbons (Fsp3) is 0.200. The summed E-state index contributed by atoms with van der Waals surface area (Å²) in [5.41, 5.74) is -0.546. The molecule has 3 aromatic rings. The van der Waals surface area contributed by atoms with Crippen molar-refractivity contribution in [2.75, 3.05) is 13.7 Å². The van der Waals surface area contributed by atoms with E-state index in [0.717, 1.165) is 17.0 Å². The van der Waals surface area contributed by atoms with Crippen LogP contribution in [0.4, 0.5) is 22.0 Å². The summed E-state index contributed by atoms with van der Waals surface area (Å²) < 4.78 is 73.3. The molecular weight excluding hydrogens is 411 g/mol. The Morgan fingerprint density at radius 1 is 1.00 bits per heavy atom. The Hall–Kier alpha value is -3.27. The van der Waals surface area contributed by atoms with Crippen LogP contribution in [0.15, 0.2) is 29.1 Å². The minimum Gasteiger partial charge on any atom is -0.373 e. The van der Waals surface area contributed by atoms with Crippen LogP contribution in [0.2, 0.25) is 0 Å². The number of pyridine rings is 1. The molecular formula is C20H13F5N2O3. The highest BCUT2D eigenvalue weighted by molar-refractivity contribution is 5.95. The van der Waals surface area contributed by atoms with E-state index in [4.69, 9.17) is 4.74 Å². The van der Waals surface area contributed by atoms with E-state index in [9.17, 15) is 31.5 Å². The lowest BCUT2D eigenvalue weighted by molar-refractivity contribution is 0.0335. The van der Waals surface area contributed by atoms with Crippen molar-refractivity contribution < 1.29 is 31.5 Å². The van der Waals surface area contributed by atoms with Crippen molar-refractivity contribution in [2.45, 2.75) is 12.6 Å². The van der Waals surface area contributed by atoms with Crippen LogP contribution in [0.1, 0.15) is 27.7 Å². The first-order valence-corrected chi connectivity index (χ1v) is 8.72. The maximum atomic E-state index is 13.9. The third-order valence-electron chi connectivity index (χ3n) is 5.06. The first kappa shape index (κ1) is 20.0. The van der Waals surface area contributed by atoms with E-state index in [0.29, 0.717) is 17.7 Å². The molecule has 0 bridgehead atoms. The molecule has 1 aliphatic heterocycles. The van der Waals surface area contributed by atoms with E-state index in [1.54, 1.807) is 0 Å². The Balaban J connectivity index is 1.84. The number of nitrogens with zero attached hydrogens (tertiary/aromatic N) is 1. The fourth-order valence-corrected chi connectivity index (χ4v) is 3.57. The molecule has 1 atom stereocenters. The molecule has 4 rings (SSSR count). The molecule has 0 unspecified atom stereocenters. The van der Waals surface area contributed by atoms with E-state index in [-0.39, 0.29) is 29.7 Å². The topological polar surface area (TPSA) is 62.4 Å². The normalized spacial score (nSPS) is 15.9. The standard InChI is InChI=1S/C20H13F5N2O3/c1-27(20(29)8-2-13(23)18(25)14(24)3-8)16-7-30-6-15-17(16)9-4-11(21)12(22)5-10(9)19(28)26-15/h2-5,16H,6-7H2,1H3,(H,26,28)/t16-/m0/s1. The van der Waals surface area contributed by atoms with Gasteiger partial charge in [-0.15, -0.1) is 0 Å². The van der Waals surface area contributed by atoms with Crippen LogP contribution in [-0.4, -0.2) is 29.4 Å². The summed E-state index contributed by atoms with van der Waals surface area (Å²) in [6.07, 6.45) is 0. The van der Waals surface area contributed by atoms with Gasteiger partial charge in [0.1, 0.15) is 0 Å². The number of hydrogen-bond donors (Lipinski definition) is 1. The van der Waals surface area contributed by atoms with Gasteiger partial charge < -0.3 is 14.6 Å². The molecule has 1 aliphatic rings. The van der Waals surface area contributed by atoms with Crippen molar-refractivity contribution in [1.29, 1.82) is 0 Å². The first-order chi connectivity index (χ1) is 14.2. The average molecular weight is 424 g/mol. The van der Waals surface area contributed by atoms with E-state index in [1.165, 1.54) is 7.05 Å². The summed E-state index contributed by atoms with van der Waals surface area (Å²) >= 11 is 0. The summed E-state index contributed by atoms with van der Waals surface area (Å²) in [4.78, 5) is 28.7. The Kier molecular flexibility index (Phi) is 4.81. The molecule has 2 aromatic carbocycles. The van der Waals surface area contributed by atoms with Crippen LogP contribution in [0.3, 0.4) is 0 Å². The molecule has 30 heavy (non-hydrogen) atoms. The van der Waals surface area contributed by atoms with Gasteiger partial charge in [-0.25, -0.2) is 22.0 Å². The number of nitrogens with one attached hydrogen (secondary N) is 1. The number of hydrogen-bond acceptors (Lipinski definition) is 3. The number of aromatic nitrogens is 1. The number of rotatable bonds is 2. The molecule has 2 heterocycles. The number of aromatic amines is 1. The van der Waals surface area contributed by atoms with Crippen molar-refractivity contribution in [2.24, 2.45) is 0 Å². The molecule has 0 spiro atoms. The zero-order valence-corrected chi connectivity index (χ0v) is 15.4. The van der Waals surface area contributed by atoms with Gasteiger partial charge in [0.05, 0.1) is 24.6 Å². The Morgan fingerprint density at radius 3 is 2.23 bits per heavy atom. The number of amides is 1. The molecule has 1 amide bonds. The maximum Gasteiger partial charge on any atom is 0.256 e. The Labute approximate surface area is 165 Å². The Morgan fingerprint density at radius 2 is 1.60 bits per heavy atom. The lowest BCUT2D eigenvalue weighted by Gasteiger charge is -2.34. The van der Waals surface area contributed by atoms with Gasteiger partial charge in [0.15, 0.2) is 29.1 Å². The number of ether oxygens (including phenoxy) is 1. The van der Waals surface area contributed by atoms with Gasteiger partial charge in [0.25, 0.3) is 11.5 Å². The van der Waals surface area contributed by atoms with Gasteiger partial charge in [-0.05, 0) is 29.7 Å². The summed E-state index contributed by atoms with van der Waals surface area (Å²) in [5.74, 6) is -8.02. The van der Waals surface area contributed by atoms with Crippen LogP contribution in [-0.2, 0) is 11.3 Å². The molecule has 5 nitrogen and oxygen atoms in total. The predicted molar refractivity (Wildman–Crippen MR) is 95.3 cm³/mol. The molecule has 1 aromatic heterocycles. The summed E-state index contributed by atoms with van der Waals surface area (Å²) in [6.45, 7) is -0.126. The van der Waals surface area contributed by atoms with E-state index in [1.807, 2.05) is 0 Å². The van der Waals surface area contributed by atoms with Gasteiger partial charge in [-0.3, -0.25) is 9.59 Å². The fourth-order valence-electron chi connectivity index (χ4n) is 3.57. The molecule has 10 heteroatoms. The Bertz CT molecular complexity index is 1230. The summed E-state index contributed by atoms with van der Waals surface area (Å²) in [7, 11) is 1.31. The van der Waals surface area contributed by atoms with Crippen LogP contribution in [0.5, 0.6) is 0 Å². The minimum absolute atomic E-state index is 0.0438. The van der Waals surface area contributed by atoms with Gasteiger partial charge in [0, 0.05) is 23.9 Å². The zero-order chi connectivity index (χ0) is 21.7. The van der Waals surface area contributed by atoms with Crippen LogP contribution < -0.4 is 5.56 Å². The first-order valence-electron chi connectivity index (χ1n) is 8.72. The molecule has 1 N–H and O–H groups in total. The lowest BCUT2D eigenvalue weighted by Crippen LogP contribution is -2.37. The van der Waals surface area contributed by atoms with Crippen LogP contribution in [0.25, 0.3) is 10.8 Å². The monoisotopic (exact) mass is 424 g/mol. The average Bonchev–Trinajstić information content (AvgIpc) is 2.71. The number of halogens is 5. The van der Waals surface area contributed by atoms with E-state index < -0.39 is 52.2 Å². The summed E-state index contributed by atoms with van der Waals surface area (Å²) in [6, 6.07) is 1.82. The van der Waals surface area contributed by atoms with Gasteiger partial charge in [0.2, 0.25) is 0 Å². The molecule has 0 fully saturated rings. The number of fused-ring (bicyclic) bond motifs is 3. The third-order valence-corrected chi connectivity index (χ3v) is 5.06. The number of carbonyl (C=O) groups is 1. The smallest absolute Gasteiger partial charge is 0.256 e. The number of carbonyl (C=O) groups excluding carboxylic acids is 1. The van der Waals surface area contributed by atoms with Crippen molar-refractivity contribution >= 4 is 16.7 Å².